The number of rotatable bonds is 5. The standard InChI is InChI=1S/C31H40F3N3O2.S52/c1-22(38)35-16-14-23(15-17-35)20-28(39)37-19-18-36(21-27(37)30(2,3)4)29(24-8-6-5-7-9-24)25-10-12-26(13-11-25)31(32,33)34;1-3-5-7-9-11-13-15-17-19-21-23-25-27-29-31-33-35-37-39-41-43-45-47-49-51-52-50-48-46-44-42-40-38-36-34-32-30-28-26-24-22-20-18-16-14-12-10-8-6-4-2/h5-13,23,27,29H,14-21H2,1-4H3;/t27-,29?;/m1./s1. The van der Waals surface area contributed by atoms with E-state index in [4.69, 9.17) is 22.4 Å². The quantitative estimate of drug-likeness (QED) is 0.375. The highest BCUT2D eigenvalue weighted by atomic mass is 33.5. The van der Waals surface area contributed by atoms with Gasteiger partial charge in [-0.15, -0.1) is 0 Å². The number of alkyl halides is 3. The van der Waals surface area contributed by atoms with Crippen molar-refractivity contribution in [2.24, 2.45) is 11.3 Å². The molecule has 0 bridgehead atoms. The second-order valence-electron chi connectivity index (χ2n) is 15.5. The minimum atomic E-state index is -4.38. The first-order chi connectivity index (χ1) is 44.3. The van der Waals surface area contributed by atoms with E-state index in [-0.39, 0.29) is 35.2 Å². The van der Waals surface area contributed by atoms with E-state index in [1.54, 1.807) is 126 Å². The second-order valence-corrected chi connectivity index (χ2v) is 104. The number of carbonyl (C=O) groups excluding carboxylic acids is 2. The van der Waals surface area contributed by atoms with E-state index in [0.29, 0.717) is 39.1 Å². The van der Waals surface area contributed by atoms with Crippen LogP contribution in [0.5, 0.6) is 0 Å². The van der Waals surface area contributed by atoms with Crippen molar-refractivity contribution in [2.75, 3.05) is 32.7 Å². The van der Waals surface area contributed by atoms with Crippen LogP contribution in [0.1, 0.15) is 69.7 Å². The molecule has 2 fully saturated rings. The minimum Gasteiger partial charge on any atom is -0.343 e. The third-order valence-corrected chi connectivity index (χ3v) is 119. The van der Waals surface area contributed by atoms with Crippen molar-refractivity contribution in [3.63, 3.8) is 0 Å². The molecule has 91 heavy (non-hydrogen) atoms. The molecule has 2 aromatic carbocycles. The Balaban J connectivity index is 0.000000492. The van der Waals surface area contributed by atoms with Crippen LogP contribution in [0.3, 0.4) is 0 Å². The molecule has 2 heterocycles. The number of carbonyl (C=O) groups is 2. The van der Waals surface area contributed by atoms with Crippen molar-refractivity contribution in [1.29, 1.82) is 0 Å². The fourth-order valence-corrected chi connectivity index (χ4v) is 138. The lowest BCUT2D eigenvalue weighted by atomic mass is 9.82. The van der Waals surface area contributed by atoms with Crippen LogP contribution in [0.25, 0.3) is 0 Å². The minimum absolute atomic E-state index is 0.0447. The van der Waals surface area contributed by atoms with Gasteiger partial charge in [-0.2, -0.15) is 13.2 Å². The lowest BCUT2D eigenvalue weighted by molar-refractivity contribution is -0.141. The number of benzene rings is 2. The van der Waals surface area contributed by atoms with Crippen LogP contribution in [0.15, 0.2) is 54.6 Å². The predicted octanol–water partition coefficient (Wildman–Crippen LogP) is 5.88. The van der Waals surface area contributed by atoms with E-state index >= 15 is 0 Å². The number of likely N-dealkylation sites (tertiary alicyclic amines) is 1. The molecule has 0 radical (unpaired) electrons. The van der Waals surface area contributed by atoms with Gasteiger partial charge in [-0.1, -0.05) is 63.2 Å². The van der Waals surface area contributed by atoms with E-state index in [9.17, 15) is 22.8 Å². The van der Waals surface area contributed by atoms with Crippen molar-refractivity contribution in [2.45, 2.75) is 65.2 Å². The van der Waals surface area contributed by atoms with Crippen LogP contribution >= 0.6 is 0 Å². The highest BCUT2D eigenvalue weighted by molar-refractivity contribution is 8.82. The van der Waals surface area contributed by atoms with Crippen molar-refractivity contribution in [3.8, 4) is 0 Å². The Bertz CT molecular complexity index is 5130. The van der Waals surface area contributed by atoms with Gasteiger partial charge in [0.15, 0.2) is 0 Å². The summed E-state index contributed by atoms with van der Waals surface area (Å²) in [5, 5.41) is 0. The van der Waals surface area contributed by atoms with Gasteiger partial charge in [-0.25, -0.2) is 0 Å². The summed E-state index contributed by atoms with van der Waals surface area (Å²) in [4.78, 5) is 31.5. The molecule has 60 heteroatoms. The van der Waals surface area contributed by atoms with Gasteiger partial charge in [-0.05, 0) is 47.4 Å². The van der Waals surface area contributed by atoms with Crippen LogP contribution in [-0.2, 0) is 482 Å². The number of hydrogen-bond acceptors (Lipinski definition) is 5. The Labute approximate surface area is 680 Å². The fraction of sp³-hybridized carbons (Fsp3) is 0.548. The molecule has 2 amide bonds. The van der Waals surface area contributed by atoms with Crippen molar-refractivity contribution in [3.05, 3.63) is 71.3 Å². The summed E-state index contributed by atoms with van der Waals surface area (Å²) in [5.74, 6) is 0.516. The van der Waals surface area contributed by atoms with Crippen LogP contribution in [-0.4, -0.2) is 65.3 Å². The molecule has 5 nitrogen and oxygen atoms in total. The number of amides is 2. The summed E-state index contributed by atoms with van der Waals surface area (Å²) in [6.07, 6.45) is -2.21. The Morgan fingerprint density at radius 3 is 0.978 bits per heavy atom. The van der Waals surface area contributed by atoms with E-state index in [0.717, 1.165) is 36.1 Å². The Hall–Kier alpha value is 8.57. The fourth-order valence-electron chi connectivity index (χ4n) is 6.54. The summed E-state index contributed by atoms with van der Waals surface area (Å²) < 4.78 is 39.8. The molecule has 0 aliphatic carbocycles. The number of hydrogen-bond donors (Lipinski definition) is 0. The average Bonchev–Trinajstić information content (AvgIpc) is 0.902. The summed E-state index contributed by atoms with van der Waals surface area (Å²) in [5.41, 5.74) is 0.976. The number of piperidine rings is 1. The van der Waals surface area contributed by atoms with Crippen molar-refractivity contribution < 1.29 is 22.8 Å². The summed E-state index contributed by atoms with van der Waals surface area (Å²) in [7, 11) is 89.4. The molecule has 2 aliphatic rings. The van der Waals surface area contributed by atoms with Crippen LogP contribution in [0.2, 0.25) is 0 Å². The molecule has 0 saturated carbocycles. The summed E-state index contributed by atoms with van der Waals surface area (Å²) in [6, 6.07) is 15.1. The normalized spacial score (nSPS) is 13.3. The lowest BCUT2D eigenvalue weighted by Crippen LogP contribution is -2.60. The van der Waals surface area contributed by atoms with Crippen molar-refractivity contribution >= 4 is 478 Å². The van der Waals surface area contributed by atoms with Gasteiger partial charge in [0.2, 0.25) is 11.8 Å². The maximum atomic E-state index is 13.6. The number of piperazine rings is 1. The highest BCUT2D eigenvalue weighted by Gasteiger charge is 2.41. The first-order valence-electron chi connectivity index (χ1n) is 22.4. The summed E-state index contributed by atoms with van der Waals surface area (Å²) >= 11 is 9.63. The van der Waals surface area contributed by atoms with E-state index < -0.39 is 11.7 Å². The predicted molar refractivity (Wildman–Crippen MR) is 529 cm³/mol. The molecular weight excluding hydrogens is 2170 g/mol. The number of nitrogens with zero attached hydrogens (tertiary/aromatic N) is 3. The molecule has 1 unspecified atom stereocenters. The van der Waals surface area contributed by atoms with Gasteiger partial charge >= 0.3 is 6.18 Å². The monoisotopic (exact) mass is 2210 g/mol. The summed E-state index contributed by atoms with van der Waals surface area (Å²) in [6.45, 7) is 11.2. The lowest BCUT2D eigenvalue weighted by Gasteiger charge is -2.50. The molecule has 0 spiro atoms. The first-order valence-corrected chi connectivity index (χ1v) is 90.4. The zero-order chi connectivity index (χ0) is 65.7. The molecule has 2 aliphatic heterocycles. The molecule has 4 rings (SSSR count). The molecule has 2 aromatic rings. The SMILES string of the molecule is CC(=O)N1CCC(CC(=O)N2CCN(C(c3ccccc3)c3ccc(C(F)(F)F)cc3)C[C@@H]2C(C)(C)C)CC1.S=S=S=S=S=S=S=S=S=S=S=S=S=S=S=S=S=S=S=S=S=S=S=S=S=S=S=S=S=S=S=S=S=S=S=S=S=S=S=S=S=S=S=S=S=S=S=S=S=S=S=S. The van der Waals surface area contributed by atoms with Crippen LogP contribution < -0.4 is 0 Å². The van der Waals surface area contributed by atoms with Gasteiger partial charge < -0.3 is 9.80 Å². The van der Waals surface area contributed by atoms with E-state index in [2.05, 4.69) is 25.7 Å². The van der Waals surface area contributed by atoms with Crippen LogP contribution in [0.4, 0.5) is 13.2 Å². The van der Waals surface area contributed by atoms with Crippen molar-refractivity contribution in [1.82, 2.24) is 14.7 Å². The maximum Gasteiger partial charge on any atom is 0.416 e. The third-order valence-electron chi connectivity index (χ3n) is 9.65. The van der Waals surface area contributed by atoms with Gasteiger partial charge in [0, 0.05) is 519 Å². The molecule has 0 N–H and O–H groups in total. The number of halogens is 3. The average molecular weight is 2210 g/mol. The van der Waals surface area contributed by atoms with Gasteiger partial charge in [0.1, 0.15) is 0 Å². The van der Waals surface area contributed by atoms with E-state index in [1.807, 2.05) is 360 Å². The Morgan fingerprint density at radius 1 is 0.429 bits per heavy atom. The van der Waals surface area contributed by atoms with Crippen LogP contribution in [0, 0.1) is 11.3 Å². The Kier molecular flexibility index (Phi) is 66.5. The molecule has 524 valence electrons. The maximum absolute atomic E-state index is 13.6. The third kappa shape index (κ3) is 50.8. The molecule has 2 saturated heterocycles. The largest absolute Gasteiger partial charge is 0.416 e. The Morgan fingerprint density at radius 2 is 0.714 bits per heavy atom. The topological polar surface area (TPSA) is 43.9 Å². The first kappa shape index (κ1) is 93.8. The van der Waals surface area contributed by atoms with Gasteiger partial charge in [0.05, 0.1) is 11.6 Å². The van der Waals surface area contributed by atoms with E-state index in [1.165, 1.54) is 17.8 Å². The zero-order valence-electron chi connectivity index (χ0n) is 44.6. The highest BCUT2D eigenvalue weighted by Crippen LogP contribution is 2.37. The molecular formula is C31H40F3N3O2S52. The van der Waals surface area contributed by atoms with Gasteiger partial charge in [0.25, 0.3) is 0 Å². The van der Waals surface area contributed by atoms with Gasteiger partial charge in [-0.3, -0.25) is 14.5 Å². The molecule has 2 atom stereocenters. The smallest absolute Gasteiger partial charge is 0.343 e. The zero-order valence-corrected chi connectivity index (χ0v) is 87.1. The second kappa shape index (κ2) is 64.6. The molecule has 0 aromatic heterocycles.